The van der Waals surface area contributed by atoms with Crippen LogP contribution in [0.25, 0.3) is 0 Å². The molecule has 0 spiro atoms. The molecule has 3 aromatic rings. The van der Waals surface area contributed by atoms with Crippen LogP contribution in [0.5, 0.6) is 5.75 Å². The number of thiophene rings is 1. The molecule has 9 heteroatoms. The van der Waals surface area contributed by atoms with Gasteiger partial charge in [0.1, 0.15) is 5.75 Å². The van der Waals surface area contributed by atoms with Gasteiger partial charge in [-0.25, -0.2) is 0 Å². The van der Waals surface area contributed by atoms with E-state index >= 15 is 0 Å². The van der Waals surface area contributed by atoms with Gasteiger partial charge in [-0.3, -0.25) is 14.9 Å². The van der Waals surface area contributed by atoms with E-state index in [4.69, 9.17) is 4.74 Å². The summed E-state index contributed by atoms with van der Waals surface area (Å²) >= 11 is 1.68. The Morgan fingerprint density at radius 1 is 1.20 bits per heavy atom. The Balaban J connectivity index is 1.39. The zero-order valence-corrected chi connectivity index (χ0v) is 20.4. The molecule has 1 amide bonds. The molecular formula is C26H28N4O4S. The van der Waals surface area contributed by atoms with Crippen molar-refractivity contribution in [2.75, 3.05) is 43.1 Å². The predicted octanol–water partition coefficient (Wildman–Crippen LogP) is 3.89. The fourth-order valence-electron chi connectivity index (χ4n) is 5.15. The molecule has 0 saturated carbocycles. The number of hydrogen-bond donors (Lipinski definition) is 1. The molecule has 182 valence electrons. The van der Waals surface area contributed by atoms with Gasteiger partial charge >= 0.3 is 0 Å². The number of benzene rings is 2. The number of anilines is 2. The van der Waals surface area contributed by atoms with Crippen LogP contribution >= 0.6 is 11.3 Å². The first-order valence-electron chi connectivity index (χ1n) is 11.8. The number of non-ortho nitro benzene ring substituents is 1. The van der Waals surface area contributed by atoms with Crippen molar-refractivity contribution in [2.24, 2.45) is 5.92 Å². The van der Waals surface area contributed by atoms with Crippen LogP contribution in [0.1, 0.15) is 10.4 Å². The summed E-state index contributed by atoms with van der Waals surface area (Å²) in [6, 6.07) is 17.1. The van der Waals surface area contributed by atoms with Gasteiger partial charge in [0, 0.05) is 54.6 Å². The van der Waals surface area contributed by atoms with Crippen molar-refractivity contribution in [3.8, 4) is 5.75 Å². The molecule has 1 saturated heterocycles. The Morgan fingerprint density at radius 3 is 2.74 bits per heavy atom. The average Bonchev–Trinajstić information content (AvgIpc) is 3.41. The lowest BCUT2D eigenvalue weighted by Gasteiger charge is -2.49. The number of nitro groups is 1. The van der Waals surface area contributed by atoms with Gasteiger partial charge in [-0.05, 0) is 60.2 Å². The first-order valence-corrected chi connectivity index (χ1v) is 12.6. The molecule has 2 aliphatic rings. The molecule has 2 aliphatic heterocycles. The van der Waals surface area contributed by atoms with Gasteiger partial charge in [0.05, 0.1) is 24.0 Å². The van der Waals surface area contributed by atoms with E-state index < -0.39 is 0 Å². The zero-order valence-electron chi connectivity index (χ0n) is 19.6. The van der Waals surface area contributed by atoms with Gasteiger partial charge in [-0.15, -0.1) is 11.3 Å². The second kappa shape index (κ2) is 9.95. The highest BCUT2D eigenvalue weighted by atomic mass is 32.1. The van der Waals surface area contributed by atoms with Gasteiger partial charge < -0.3 is 19.9 Å². The van der Waals surface area contributed by atoms with E-state index in [1.54, 1.807) is 30.6 Å². The van der Waals surface area contributed by atoms with Crippen LogP contribution in [-0.2, 0) is 17.6 Å². The largest absolute Gasteiger partial charge is 0.497 e. The minimum Gasteiger partial charge on any atom is -0.497 e. The number of piperazine rings is 1. The summed E-state index contributed by atoms with van der Waals surface area (Å²) in [7, 11) is 1.65. The molecule has 0 radical (unpaired) electrons. The fourth-order valence-corrected chi connectivity index (χ4v) is 5.85. The number of hydrogen-bond acceptors (Lipinski definition) is 7. The number of nitro benzene ring substituents is 1. The smallest absolute Gasteiger partial charge is 0.269 e. The predicted molar refractivity (Wildman–Crippen MR) is 138 cm³/mol. The van der Waals surface area contributed by atoms with Crippen LogP contribution in [0.3, 0.4) is 0 Å². The third-order valence-corrected chi connectivity index (χ3v) is 7.87. The molecule has 35 heavy (non-hydrogen) atoms. The number of carbonyl (C=O) groups excluding carboxylic acids is 1. The number of rotatable bonds is 7. The topological polar surface area (TPSA) is 87.9 Å². The lowest BCUT2D eigenvalue weighted by Crippen LogP contribution is -2.61. The van der Waals surface area contributed by atoms with Gasteiger partial charge in [0.2, 0.25) is 5.91 Å². The maximum absolute atomic E-state index is 13.4. The molecule has 5 rings (SSSR count). The number of carbonyl (C=O) groups is 1. The van der Waals surface area contributed by atoms with Crippen molar-refractivity contribution in [2.45, 2.75) is 18.9 Å². The van der Waals surface area contributed by atoms with Crippen LogP contribution in [0.2, 0.25) is 0 Å². The third-order valence-electron chi connectivity index (χ3n) is 6.93. The highest BCUT2D eigenvalue weighted by Gasteiger charge is 2.42. The van der Waals surface area contributed by atoms with E-state index in [1.807, 2.05) is 41.8 Å². The van der Waals surface area contributed by atoms with Crippen LogP contribution in [0.15, 0.2) is 60.0 Å². The molecule has 2 aromatic carbocycles. The molecule has 3 heterocycles. The van der Waals surface area contributed by atoms with Gasteiger partial charge in [0.15, 0.2) is 0 Å². The second-order valence-corrected chi connectivity index (χ2v) is 9.94. The maximum Gasteiger partial charge on any atom is 0.269 e. The Morgan fingerprint density at radius 2 is 2.03 bits per heavy atom. The summed E-state index contributed by atoms with van der Waals surface area (Å²) in [5.41, 5.74) is 3.03. The first-order chi connectivity index (χ1) is 17.0. The summed E-state index contributed by atoms with van der Waals surface area (Å²) in [5.74, 6) is 0.516. The van der Waals surface area contributed by atoms with Crippen LogP contribution in [-0.4, -0.2) is 50.2 Å². The maximum atomic E-state index is 13.4. The Labute approximate surface area is 208 Å². The normalized spacial score (nSPS) is 19.0. The molecule has 1 fully saturated rings. The first kappa shape index (κ1) is 23.2. The van der Waals surface area contributed by atoms with Crippen LogP contribution in [0, 0.1) is 16.0 Å². The molecule has 2 atom stereocenters. The summed E-state index contributed by atoms with van der Waals surface area (Å²) < 4.78 is 5.29. The summed E-state index contributed by atoms with van der Waals surface area (Å²) in [6.45, 7) is 2.81. The summed E-state index contributed by atoms with van der Waals surface area (Å²) in [5, 5.41) is 16.6. The summed E-state index contributed by atoms with van der Waals surface area (Å²) in [6.07, 6.45) is 1.28. The van der Waals surface area contributed by atoms with Crippen molar-refractivity contribution in [1.29, 1.82) is 0 Å². The van der Waals surface area contributed by atoms with Gasteiger partial charge in [-0.2, -0.15) is 0 Å². The molecule has 1 aromatic heterocycles. The minimum atomic E-state index is -0.371. The molecular weight excluding hydrogens is 464 g/mol. The zero-order chi connectivity index (χ0) is 24.4. The fraction of sp³-hybridized carbons (Fsp3) is 0.346. The van der Waals surface area contributed by atoms with Crippen LogP contribution in [0.4, 0.5) is 17.1 Å². The van der Waals surface area contributed by atoms with Crippen molar-refractivity contribution in [3.05, 3.63) is 80.5 Å². The number of nitrogens with zero attached hydrogens (tertiary/aromatic N) is 3. The Bertz CT molecular complexity index is 1200. The van der Waals surface area contributed by atoms with Gasteiger partial charge in [0.25, 0.3) is 5.69 Å². The summed E-state index contributed by atoms with van der Waals surface area (Å²) in [4.78, 5) is 30.3. The van der Waals surface area contributed by atoms with Crippen molar-refractivity contribution in [1.82, 2.24) is 5.32 Å². The number of fused-ring (bicyclic) bond motifs is 3. The average molecular weight is 493 g/mol. The molecule has 0 aliphatic carbocycles. The Kier molecular flexibility index (Phi) is 6.59. The quantitative estimate of drug-likeness (QED) is 0.398. The van der Waals surface area contributed by atoms with E-state index in [0.29, 0.717) is 19.5 Å². The van der Waals surface area contributed by atoms with E-state index in [2.05, 4.69) is 21.2 Å². The minimum absolute atomic E-state index is 0.00490. The molecule has 0 unspecified atom stereocenters. The molecule has 8 nitrogen and oxygen atoms in total. The SMILES string of the molecule is COc1ccc(N2CCN3c4ccc([N+](=O)[O-])cc4C[C@@H](C(=O)NCCc4cccs4)[C@H]3C2)cc1. The van der Waals surface area contributed by atoms with E-state index in [0.717, 1.165) is 42.2 Å². The van der Waals surface area contributed by atoms with Crippen molar-refractivity contribution >= 4 is 34.3 Å². The molecule has 1 N–H and O–H groups in total. The molecule has 0 bridgehead atoms. The lowest BCUT2D eigenvalue weighted by atomic mass is 9.83. The van der Waals surface area contributed by atoms with Crippen molar-refractivity contribution in [3.63, 3.8) is 0 Å². The number of methoxy groups -OCH3 is 1. The van der Waals surface area contributed by atoms with E-state index in [1.165, 1.54) is 4.88 Å². The van der Waals surface area contributed by atoms with Crippen molar-refractivity contribution < 1.29 is 14.5 Å². The number of amides is 1. The Hall–Kier alpha value is -3.59. The second-order valence-electron chi connectivity index (χ2n) is 8.91. The number of ether oxygens (including phenoxy) is 1. The highest BCUT2D eigenvalue weighted by Crippen LogP contribution is 2.38. The standard InChI is InChI=1S/C26H28N4O4S/c1-34-21-7-4-19(5-8-21)28-12-13-29-24-9-6-20(30(32)33)15-18(24)16-23(25(29)17-28)26(31)27-11-10-22-3-2-14-35-22/h2-9,14-15,23,25H,10-13,16-17H2,1H3,(H,27,31)/t23-,25-/m1/s1. The van der Waals surface area contributed by atoms with Gasteiger partial charge in [-0.1, -0.05) is 6.07 Å². The monoisotopic (exact) mass is 492 g/mol. The lowest BCUT2D eigenvalue weighted by molar-refractivity contribution is -0.384. The third kappa shape index (κ3) is 4.81. The van der Waals surface area contributed by atoms with E-state index in [-0.39, 0.29) is 28.5 Å². The number of nitrogens with one attached hydrogen (secondary N) is 1. The van der Waals surface area contributed by atoms with Crippen LogP contribution < -0.4 is 19.9 Å². The highest BCUT2D eigenvalue weighted by molar-refractivity contribution is 7.09. The van der Waals surface area contributed by atoms with E-state index in [9.17, 15) is 14.9 Å².